The van der Waals surface area contributed by atoms with Crippen LogP contribution in [0.15, 0.2) is 52.9 Å². The molecular weight excluding hydrogens is 412 g/mol. The van der Waals surface area contributed by atoms with Gasteiger partial charge in [0.15, 0.2) is 4.34 Å². The summed E-state index contributed by atoms with van der Waals surface area (Å²) >= 11 is 2.51. The normalized spacial score (nSPS) is 10.3. The van der Waals surface area contributed by atoms with E-state index in [4.69, 9.17) is 9.47 Å². The van der Waals surface area contributed by atoms with Crippen LogP contribution in [0.2, 0.25) is 0 Å². The molecule has 0 radical (unpaired) electrons. The van der Waals surface area contributed by atoms with Gasteiger partial charge in [0.25, 0.3) is 5.91 Å². The van der Waals surface area contributed by atoms with E-state index in [0.29, 0.717) is 20.8 Å². The van der Waals surface area contributed by atoms with Crippen molar-refractivity contribution in [2.24, 2.45) is 0 Å². The summed E-state index contributed by atoms with van der Waals surface area (Å²) in [6.45, 7) is 0. The van der Waals surface area contributed by atoms with E-state index in [2.05, 4.69) is 20.8 Å². The number of hydrogen-bond acceptors (Lipinski definition) is 9. The minimum atomic E-state index is -0.509. The topological polar surface area (TPSA) is 102 Å². The highest BCUT2D eigenvalue weighted by Crippen LogP contribution is 2.28. The van der Waals surface area contributed by atoms with Crippen molar-refractivity contribution in [3.8, 4) is 11.5 Å². The highest BCUT2D eigenvalue weighted by molar-refractivity contribution is 8.01. The fourth-order valence-electron chi connectivity index (χ4n) is 2.33. The smallest absolute Gasteiger partial charge is 0.261 e. The number of methoxy groups -OCH3 is 2. The molecule has 2 amide bonds. The van der Waals surface area contributed by atoms with E-state index in [1.165, 1.54) is 30.2 Å². The van der Waals surface area contributed by atoms with Crippen LogP contribution in [0.1, 0.15) is 10.4 Å². The third-order valence-corrected chi connectivity index (χ3v) is 5.63. The predicted octanol–water partition coefficient (Wildman–Crippen LogP) is 3.35. The molecule has 8 nitrogen and oxygen atoms in total. The molecule has 2 aromatic carbocycles. The highest BCUT2D eigenvalue weighted by Gasteiger charge is 2.15. The first-order valence-electron chi connectivity index (χ1n) is 8.43. The summed E-state index contributed by atoms with van der Waals surface area (Å²) in [6.07, 6.45) is 0. The first kappa shape index (κ1) is 20.6. The van der Waals surface area contributed by atoms with Gasteiger partial charge >= 0.3 is 0 Å². The molecule has 0 aliphatic rings. The Balaban J connectivity index is 1.52. The number of hydrogen-bond donors (Lipinski definition) is 2. The van der Waals surface area contributed by atoms with E-state index in [9.17, 15) is 9.59 Å². The number of nitrogens with one attached hydrogen (secondary N) is 2. The second kappa shape index (κ2) is 9.89. The fraction of sp³-hybridized carbons (Fsp3) is 0.158. The molecule has 0 unspecified atom stereocenters. The lowest BCUT2D eigenvalue weighted by atomic mass is 10.2. The van der Waals surface area contributed by atoms with E-state index < -0.39 is 11.8 Å². The molecule has 2 N–H and O–H groups in total. The fourth-order valence-corrected chi connectivity index (χ4v) is 3.90. The summed E-state index contributed by atoms with van der Waals surface area (Å²) in [5.41, 5.74) is 1.12. The van der Waals surface area contributed by atoms with Crippen LogP contribution in [0.5, 0.6) is 11.5 Å². The van der Waals surface area contributed by atoms with E-state index in [0.717, 1.165) is 11.4 Å². The monoisotopic (exact) mass is 430 g/mol. The van der Waals surface area contributed by atoms with Crippen molar-refractivity contribution < 1.29 is 19.1 Å². The Bertz CT molecular complexity index is 1010. The molecule has 0 fully saturated rings. The van der Waals surface area contributed by atoms with Crippen LogP contribution in [0.25, 0.3) is 0 Å². The number of carbonyl (C=O) groups excluding carboxylic acids is 2. The SMILES string of the molecule is COc1cccc(Nc2nnc(SCC(=O)NC(=O)c3ccccc3OC)s2)c1. The second-order valence-electron chi connectivity index (χ2n) is 5.60. The Morgan fingerprint density at radius 1 is 1.07 bits per heavy atom. The van der Waals surface area contributed by atoms with Crippen LogP contribution >= 0.6 is 23.1 Å². The third-order valence-electron chi connectivity index (χ3n) is 3.66. The lowest BCUT2D eigenvalue weighted by molar-refractivity contribution is -0.117. The lowest BCUT2D eigenvalue weighted by Crippen LogP contribution is -2.32. The number of carbonyl (C=O) groups is 2. The predicted molar refractivity (Wildman–Crippen MR) is 112 cm³/mol. The number of thioether (sulfide) groups is 1. The van der Waals surface area contributed by atoms with Gasteiger partial charge in [0.1, 0.15) is 11.5 Å². The van der Waals surface area contributed by atoms with Crippen molar-refractivity contribution >= 4 is 45.7 Å². The van der Waals surface area contributed by atoms with Gasteiger partial charge in [0.05, 0.1) is 25.5 Å². The molecule has 3 rings (SSSR count). The van der Waals surface area contributed by atoms with E-state index in [1.54, 1.807) is 31.4 Å². The Labute approximate surface area is 175 Å². The van der Waals surface area contributed by atoms with Gasteiger partial charge in [0.2, 0.25) is 11.0 Å². The average molecular weight is 431 g/mol. The van der Waals surface area contributed by atoms with Gasteiger partial charge in [-0.1, -0.05) is 41.3 Å². The molecule has 3 aromatic rings. The Kier molecular flexibility index (Phi) is 7.04. The number of amides is 2. The van der Waals surface area contributed by atoms with Crippen molar-refractivity contribution in [1.82, 2.24) is 15.5 Å². The summed E-state index contributed by atoms with van der Waals surface area (Å²) in [5, 5.41) is 14.2. The molecule has 0 atom stereocenters. The first-order chi connectivity index (χ1) is 14.1. The average Bonchev–Trinajstić information content (AvgIpc) is 3.19. The van der Waals surface area contributed by atoms with E-state index in [-0.39, 0.29) is 5.75 Å². The molecule has 1 aromatic heterocycles. The molecule has 0 bridgehead atoms. The lowest BCUT2D eigenvalue weighted by Gasteiger charge is -2.07. The summed E-state index contributed by atoms with van der Waals surface area (Å²) < 4.78 is 10.9. The van der Waals surface area contributed by atoms with Crippen LogP contribution in [-0.4, -0.2) is 42.0 Å². The van der Waals surface area contributed by atoms with Crippen LogP contribution in [0.3, 0.4) is 0 Å². The Morgan fingerprint density at radius 2 is 1.90 bits per heavy atom. The van der Waals surface area contributed by atoms with Crippen LogP contribution in [0.4, 0.5) is 10.8 Å². The second-order valence-corrected chi connectivity index (χ2v) is 7.80. The number of ether oxygens (including phenoxy) is 2. The maximum atomic E-state index is 12.2. The molecule has 1 heterocycles. The van der Waals surface area contributed by atoms with E-state index >= 15 is 0 Å². The number of aromatic nitrogens is 2. The molecule has 0 saturated carbocycles. The molecule has 0 spiro atoms. The summed E-state index contributed by atoms with van der Waals surface area (Å²) in [7, 11) is 3.07. The maximum Gasteiger partial charge on any atom is 0.261 e. The summed E-state index contributed by atoms with van der Waals surface area (Å²) in [6, 6.07) is 14.1. The largest absolute Gasteiger partial charge is 0.497 e. The highest BCUT2D eigenvalue weighted by atomic mass is 32.2. The van der Waals surface area contributed by atoms with Gasteiger partial charge < -0.3 is 14.8 Å². The minimum absolute atomic E-state index is 0.0364. The van der Waals surface area contributed by atoms with Crippen LogP contribution in [-0.2, 0) is 4.79 Å². The maximum absolute atomic E-state index is 12.2. The van der Waals surface area contributed by atoms with Gasteiger partial charge in [0, 0.05) is 11.8 Å². The Hall–Kier alpha value is -3.11. The molecule has 0 aliphatic carbocycles. The van der Waals surface area contributed by atoms with Gasteiger partial charge in [-0.2, -0.15) is 0 Å². The number of imide groups is 1. The molecule has 0 saturated heterocycles. The van der Waals surface area contributed by atoms with E-state index in [1.807, 2.05) is 24.3 Å². The first-order valence-corrected chi connectivity index (χ1v) is 10.2. The van der Waals surface area contributed by atoms with Crippen molar-refractivity contribution in [2.75, 3.05) is 25.3 Å². The number of anilines is 2. The van der Waals surface area contributed by atoms with Gasteiger partial charge in [-0.15, -0.1) is 10.2 Å². The minimum Gasteiger partial charge on any atom is -0.497 e. The van der Waals surface area contributed by atoms with Gasteiger partial charge in [-0.05, 0) is 24.3 Å². The molecule has 29 heavy (non-hydrogen) atoms. The number of benzene rings is 2. The van der Waals surface area contributed by atoms with Crippen LogP contribution < -0.4 is 20.1 Å². The van der Waals surface area contributed by atoms with Crippen molar-refractivity contribution in [3.05, 3.63) is 54.1 Å². The van der Waals surface area contributed by atoms with Gasteiger partial charge in [-0.3, -0.25) is 14.9 Å². The number of rotatable bonds is 8. The van der Waals surface area contributed by atoms with Crippen molar-refractivity contribution in [1.29, 1.82) is 0 Å². The molecular formula is C19H18N4O4S2. The zero-order valence-corrected chi connectivity index (χ0v) is 17.3. The van der Waals surface area contributed by atoms with Crippen molar-refractivity contribution in [3.63, 3.8) is 0 Å². The zero-order valence-electron chi connectivity index (χ0n) is 15.7. The third kappa shape index (κ3) is 5.69. The van der Waals surface area contributed by atoms with Crippen molar-refractivity contribution in [2.45, 2.75) is 4.34 Å². The molecule has 0 aliphatic heterocycles. The Morgan fingerprint density at radius 3 is 2.69 bits per heavy atom. The van der Waals surface area contributed by atoms with Gasteiger partial charge in [-0.25, -0.2) is 0 Å². The number of nitrogens with zero attached hydrogens (tertiary/aromatic N) is 2. The molecule has 150 valence electrons. The van der Waals surface area contributed by atoms with Crippen LogP contribution in [0, 0.1) is 0 Å². The summed E-state index contributed by atoms with van der Waals surface area (Å²) in [4.78, 5) is 24.3. The standard InChI is InChI=1S/C19H18N4O4S2/c1-26-13-7-5-6-12(10-13)20-18-22-23-19(29-18)28-11-16(24)21-17(25)14-8-3-4-9-15(14)27-2/h3-10H,11H2,1-2H3,(H,20,22)(H,21,24,25). The zero-order chi connectivity index (χ0) is 20.6. The molecule has 10 heteroatoms. The summed E-state index contributed by atoms with van der Waals surface area (Å²) in [5.74, 6) is 0.233. The number of para-hydroxylation sites is 1. The quantitative estimate of drug-likeness (QED) is 0.525.